The van der Waals surface area contributed by atoms with E-state index in [9.17, 15) is 4.79 Å². The van der Waals surface area contributed by atoms with Crippen molar-refractivity contribution in [2.24, 2.45) is 17.6 Å². The zero-order chi connectivity index (χ0) is 21.6. The molecule has 0 spiro atoms. The number of nitrogens with zero attached hydrogens (tertiary/aromatic N) is 2. The monoisotopic (exact) mass is 422 g/mol. The highest BCUT2D eigenvalue weighted by Gasteiger charge is 2.27. The number of carbonyl (C=O) groups excluding carboxylic acids is 1. The first-order valence-electron chi connectivity index (χ1n) is 12.3. The van der Waals surface area contributed by atoms with Crippen LogP contribution < -0.4 is 10.6 Å². The van der Waals surface area contributed by atoms with Gasteiger partial charge in [-0.15, -0.1) is 0 Å². The van der Waals surface area contributed by atoms with Crippen molar-refractivity contribution in [2.75, 3.05) is 31.1 Å². The van der Waals surface area contributed by atoms with Crippen LogP contribution in [-0.4, -0.2) is 43.2 Å². The van der Waals surface area contributed by atoms with Gasteiger partial charge in [0.15, 0.2) is 0 Å². The van der Waals surface area contributed by atoms with Gasteiger partial charge in [-0.25, -0.2) is 0 Å². The van der Waals surface area contributed by atoms with E-state index in [4.69, 9.17) is 11.1 Å². The average molecular weight is 423 g/mol. The van der Waals surface area contributed by atoms with E-state index in [-0.39, 0.29) is 0 Å². The van der Waals surface area contributed by atoms with Gasteiger partial charge in [0, 0.05) is 56.3 Å². The van der Waals surface area contributed by atoms with Crippen LogP contribution in [-0.2, 0) is 11.2 Å². The molecule has 31 heavy (non-hydrogen) atoms. The Kier molecular flexibility index (Phi) is 7.31. The van der Waals surface area contributed by atoms with Crippen LogP contribution in [0.4, 0.5) is 5.69 Å². The lowest BCUT2D eigenvalue weighted by molar-refractivity contribution is -0.132. The summed E-state index contributed by atoms with van der Waals surface area (Å²) in [6.45, 7) is 4.02. The molecule has 4 rings (SSSR count). The number of nitrogens with one attached hydrogen (secondary N) is 1. The van der Waals surface area contributed by atoms with Gasteiger partial charge < -0.3 is 20.9 Å². The van der Waals surface area contributed by atoms with Gasteiger partial charge in [0.1, 0.15) is 0 Å². The largest absolute Gasteiger partial charge is 0.404 e. The summed E-state index contributed by atoms with van der Waals surface area (Å²) in [4.78, 5) is 17.5. The number of rotatable bonds is 6. The molecule has 1 unspecified atom stereocenters. The van der Waals surface area contributed by atoms with Crippen molar-refractivity contribution in [3.05, 3.63) is 35.5 Å². The zero-order valence-corrected chi connectivity index (χ0v) is 18.8. The molecule has 3 N–H and O–H groups in total. The molecule has 5 heteroatoms. The number of carbonyl (C=O) groups is 1. The molecule has 2 fully saturated rings. The Balaban J connectivity index is 1.31. The van der Waals surface area contributed by atoms with E-state index in [1.165, 1.54) is 62.2 Å². The minimum absolute atomic E-state index is 0.404. The normalized spacial score (nSPS) is 22.8. The predicted octanol–water partition coefficient (Wildman–Crippen LogP) is 4.60. The Morgan fingerprint density at radius 3 is 2.61 bits per heavy atom. The summed E-state index contributed by atoms with van der Waals surface area (Å²) in [6, 6.07) is 6.47. The number of allylic oxidation sites excluding steroid dienone is 1. The van der Waals surface area contributed by atoms with Gasteiger partial charge >= 0.3 is 0 Å². The lowest BCUT2D eigenvalue weighted by atomic mass is 9.86. The summed E-state index contributed by atoms with van der Waals surface area (Å²) in [7, 11) is 0. The van der Waals surface area contributed by atoms with Crippen LogP contribution in [0.15, 0.2) is 24.4 Å². The molecule has 3 aliphatic rings. The Bertz CT molecular complexity index is 812. The first-order valence-corrected chi connectivity index (χ1v) is 12.3. The lowest BCUT2D eigenvalue weighted by Crippen LogP contribution is -2.34. The fourth-order valence-corrected chi connectivity index (χ4v) is 5.74. The maximum absolute atomic E-state index is 12.9. The topological polar surface area (TPSA) is 73.4 Å². The molecule has 168 valence electrons. The van der Waals surface area contributed by atoms with E-state index in [1.54, 1.807) is 0 Å². The molecular weight excluding hydrogens is 384 g/mol. The number of amides is 1. The number of likely N-dealkylation sites (tertiary alicyclic amines) is 1. The van der Waals surface area contributed by atoms with E-state index in [1.807, 2.05) is 0 Å². The van der Waals surface area contributed by atoms with E-state index in [2.05, 4.69) is 28.0 Å². The molecule has 2 aliphatic heterocycles. The van der Waals surface area contributed by atoms with Crippen molar-refractivity contribution in [2.45, 2.75) is 64.2 Å². The molecule has 1 saturated heterocycles. The Hall–Kier alpha value is -2.30. The summed E-state index contributed by atoms with van der Waals surface area (Å²) < 4.78 is 0. The second-order valence-electron chi connectivity index (χ2n) is 9.69. The quantitative estimate of drug-likeness (QED) is 0.658. The molecule has 0 bridgehead atoms. The summed E-state index contributed by atoms with van der Waals surface area (Å²) in [5, 5.41) is 7.53. The van der Waals surface area contributed by atoms with Crippen LogP contribution in [0.2, 0.25) is 0 Å². The highest BCUT2D eigenvalue weighted by Crippen LogP contribution is 2.33. The molecule has 1 atom stereocenters. The highest BCUT2D eigenvalue weighted by atomic mass is 16.2. The first kappa shape index (κ1) is 21.9. The highest BCUT2D eigenvalue weighted by molar-refractivity contribution is 6.08. The van der Waals surface area contributed by atoms with Crippen molar-refractivity contribution in [1.29, 1.82) is 5.41 Å². The molecule has 0 radical (unpaired) electrons. The smallest absolute Gasteiger partial charge is 0.222 e. The van der Waals surface area contributed by atoms with Gasteiger partial charge in [-0.3, -0.25) is 4.79 Å². The Morgan fingerprint density at radius 2 is 1.84 bits per heavy atom. The molecule has 1 saturated carbocycles. The van der Waals surface area contributed by atoms with E-state index >= 15 is 0 Å². The summed E-state index contributed by atoms with van der Waals surface area (Å²) in [6.07, 6.45) is 14.6. The average Bonchev–Trinajstić information content (AvgIpc) is 3.03. The lowest BCUT2D eigenvalue weighted by Gasteiger charge is -2.27. The van der Waals surface area contributed by atoms with Crippen LogP contribution in [0.3, 0.4) is 0 Å². The van der Waals surface area contributed by atoms with Gasteiger partial charge in [-0.1, -0.05) is 25.3 Å². The number of benzene rings is 1. The fourth-order valence-electron chi connectivity index (χ4n) is 5.74. The second-order valence-corrected chi connectivity index (χ2v) is 9.69. The number of hydrogen-bond donors (Lipinski definition) is 2. The third-order valence-corrected chi connectivity index (χ3v) is 7.61. The van der Waals surface area contributed by atoms with Crippen molar-refractivity contribution in [3.63, 3.8) is 0 Å². The summed E-state index contributed by atoms with van der Waals surface area (Å²) in [5.41, 5.74) is 10.1. The molecule has 1 amide bonds. The van der Waals surface area contributed by atoms with E-state index in [0.29, 0.717) is 17.7 Å². The molecule has 0 aromatic heterocycles. The number of nitrogens with two attached hydrogens (primary N) is 1. The molecule has 5 nitrogen and oxygen atoms in total. The maximum Gasteiger partial charge on any atom is 0.222 e. The van der Waals surface area contributed by atoms with Gasteiger partial charge in [0.2, 0.25) is 5.91 Å². The third kappa shape index (κ3) is 5.31. The SMILES string of the molecule is N=C/C(=C\N)c1ccc2c(c1)CCN2CC1CCCN(C(=O)CC2CCCCC2)CC1. The van der Waals surface area contributed by atoms with Crippen LogP contribution in [0, 0.1) is 17.2 Å². The van der Waals surface area contributed by atoms with Crippen molar-refractivity contribution in [1.82, 2.24) is 4.90 Å². The maximum atomic E-state index is 12.9. The molecule has 1 aliphatic carbocycles. The van der Waals surface area contributed by atoms with Crippen molar-refractivity contribution in [3.8, 4) is 0 Å². The van der Waals surface area contributed by atoms with E-state index < -0.39 is 0 Å². The van der Waals surface area contributed by atoms with Crippen molar-refractivity contribution >= 4 is 23.4 Å². The van der Waals surface area contributed by atoms with Crippen LogP contribution >= 0.6 is 0 Å². The Morgan fingerprint density at radius 1 is 1.03 bits per heavy atom. The summed E-state index contributed by atoms with van der Waals surface area (Å²) in [5.74, 6) is 1.69. The molecule has 2 heterocycles. The van der Waals surface area contributed by atoms with Crippen molar-refractivity contribution < 1.29 is 4.79 Å². The fraction of sp³-hybridized carbons (Fsp3) is 0.615. The summed E-state index contributed by atoms with van der Waals surface area (Å²) >= 11 is 0. The number of hydrogen-bond acceptors (Lipinski definition) is 4. The number of anilines is 1. The molecule has 1 aromatic rings. The van der Waals surface area contributed by atoms with Crippen LogP contribution in [0.25, 0.3) is 5.57 Å². The standard InChI is InChI=1S/C26H38N4O/c27-17-24(18-28)22-8-9-25-23(16-22)11-14-30(25)19-21-7-4-12-29(13-10-21)26(31)15-20-5-2-1-3-6-20/h8-9,16-18,20-21,27H,1-7,10-15,19,28H2/b24-18+,27-17?. The minimum Gasteiger partial charge on any atom is -0.404 e. The zero-order valence-electron chi connectivity index (χ0n) is 18.8. The third-order valence-electron chi connectivity index (χ3n) is 7.61. The minimum atomic E-state index is 0.404. The van der Waals surface area contributed by atoms with Gasteiger partial charge in [0.05, 0.1) is 0 Å². The van der Waals surface area contributed by atoms with Gasteiger partial charge in [-0.2, -0.15) is 0 Å². The second kappa shape index (κ2) is 10.3. The molecule has 1 aromatic carbocycles. The van der Waals surface area contributed by atoms with Crippen LogP contribution in [0.5, 0.6) is 0 Å². The van der Waals surface area contributed by atoms with Gasteiger partial charge in [0.25, 0.3) is 0 Å². The number of fused-ring (bicyclic) bond motifs is 1. The first-order chi connectivity index (χ1) is 15.2. The van der Waals surface area contributed by atoms with Crippen LogP contribution in [0.1, 0.15) is 68.9 Å². The van der Waals surface area contributed by atoms with Gasteiger partial charge in [-0.05, 0) is 73.6 Å². The molecular formula is C26H38N4O. The predicted molar refractivity (Wildman–Crippen MR) is 128 cm³/mol. The van der Waals surface area contributed by atoms with E-state index in [0.717, 1.165) is 63.0 Å². The Labute approximate surface area is 187 Å².